The number of rotatable bonds is 69. The van der Waals surface area contributed by atoms with Crippen molar-refractivity contribution in [3.8, 4) is 0 Å². The average Bonchev–Trinajstić information content (AvgIpc) is 3.48. The van der Waals surface area contributed by atoms with Crippen LogP contribution in [0.25, 0.3) is 0 Å². The summed E-state index contributed by atoms with van der Waals surface area (Å²) in [4.78, 5) is 35.4. The number of hydrogen-bond acceptors (Lipinski definition) is 8. The number of allylic oxidation sites excluding steroid dienone is 8. The van der Waals surface area contributed by atoms with Gasteiger partial charge in [0.05, 0.1) is 13.2 Å². The summed E-state index contributed by atoms with van der Waals surface area (Å²) in [6.07, 6.45) is 87.9. The second-order valence-electron chi connectivity index (χ2n) is 24.5. The summed E-state index contributed by atoms with van der Waals surface area (Å²) in [5, 5.41) is 0. The summed E-state index contributed by atoms with van der Waals surface area (Å²) in [5.41, 5.74) is 5.41. The van der Waals surface area contributed by atoms with Crippen LogP contribution in [-0.2, 0) is 32.7 Å². The van der Waals surface area contributed by atoms with Gasteiger partial charge in [-0.3, -0.25) is 18.6 Å². The van der Waals surface area contributed by atoms with E-state index in [-0.39, 0.29) is 38.6 Å². The van der Waals surface area contributed by atoms with E-state index in [2.05, 4.69) is 62.5 Å². The molecule has 0 aromatic rings. The maximum absolute atomic E-state index is 12.8. The standard InChI is InChI=1S/C73H138NO8P/c1-3-5-7-9-11-13-15-17-19-21-23-25-27-29-31-33-35-37-39-41-43-45-47-49-51-53-55-57-59-61-63-65-72(75)79-69-71(70-81-83(77,78)80-68-67-74)82-73(76)66-64-62-60-58-56-54-52-50-48-46-44-42-40-38-36-34-32-30-28-26-24-22-20-18-16-14-12-10-8-6-4-2/h15-18,21-24,71H,3-14,19-20,25-70,74H2,1-2H3,(H,77,78)/b17-15-,18-16-,23-21-,24-22-. The third-order valence-corrected chi connectivity index (χ3v) is 17.2. The molecule has 0 aliphatic heterocycles. The molecule has 488 valence electrons. The Morgan fingerprint density at radius 3 is 0.916 bits per heavy atom. The highest BCUT2D eigenvalue weighted by molar-refractivity contribution is 7.47. The van der Waals surface area contributed by atoms with Crippen LogP contribution < -0.4 is 5.73 Å². The minimum Gasteiger partial charge on any atom is -0.462 e. The van der Waals surface area contributed by atoms with E-state index >= 15 is 0 Å². The van der Waals surface area contributed by atoms with Gasteiger partial charge >= 0.3 is 19.8 Å². The number of hydrogen-bond donors (Lipinski definition) is 2. The Labute approximate surface area is 515 Å². The molecule has 0 saturated carbocycles. The van der Waals surface area contributed by atoms with Crippen molar-refractivity contribution < 1.29 is 37.6 Å². The van der Waals surface area contributed by atoms with Crippen molar-refractivity contribution in [1.82, 2.24) is 0 Å². The number of esters is 2. The summed E-state index contributed by atoms with van der Waals surface area (Å²) in [5.74, 6) is -0.806. The molecule has 0 aromatic carbocycles. The van der Waals surface area contributed by atoms with Crippen LogP contribution in [0.5, 0.6) is 0 Å². The van der Waals surface area contributed by atoms with Crippen molar-refractivity contribution in [3.63, 3.8) is 0 Å². The maximum Gasteiger partial charge on any atom is 0.472 e. The SMILES string of the molecule is CCCCCCC/C=C\C/C=C\CCCCCCCCCCCCCCCCCCCCCC(=O)OCC(COP(=O)(O)OCCN)OC(=O)CCCCCCCCCCCCCCCCCCCCC/C=C\C/C=C\CCCCCCC. The van der Waals surface area contributed by atoms with Gasteiger partial charge in [-0.1, -0.05) is 332 Å². The highest BCUT2D eigenvalue weighted by Gasteiger charge is 2.26. The fourth-order valence-electron chi connectivity index (χ4n) is 10.8. The molecular formula is C73H138NO8P. The first-order valence-corrected chi connectivity index (χ1v) is 37.6. The van der Waals surface area contributed by atoms with E-state index < -0.39 is 26.5 Å². The smallest absolute Gasteiger partial charge is 0.462 e. The molecule has 9 nitrogen and oxygen atoms in total. The zero-order chi connectivity index (χ0) is 60.1. The van der Waals surface area contributed by atoms with Crippen LogP contribution in [0.3, 0.4) is 0 Å². The Morgan fingerprint density at radius 2 is 0.627 bits per heavy atom. The first-order chi connectivity index (χ1) is 40.8. The lowest BCUT2D eigenvalue weighted by Gasteiger charge is -2.19. The Morgan fingerprint density at radius 1 is 0.361 bits per heavy atom. The van der Waals surface area contributed by atoms with Gasteiger partial charge in [0.2, 0.25) is 0 Å². The quantitative estimate of drug-likeness (QED) is 0.0264. The van der Waals surface area contributed by atoms with Gasteiger partial charge in [0, 0.05) is 19.4 Å². The number of carbonyl (C=O) groups excluding carboxylic acids is 2. The van der Waals surface area contributed by atoms with Crippen LogP contribution in [0.15, 0.2) is 48.6 Å². The normalized spacial score (nSPS) is 13.2. The predicted octanol–water partition coefficient (Wildman–Crippen LogP) is 23.6. The van der Waals surface area contributed by atoms with Crippen molar-refractivity contribution >= 4 is 19.8 Å². The molecular weight excluding hydrogens is 1050 g/mol. The maximum atomic E-state index is 12.8. The van der Waals surface area contributed by atoms with E-state index in [1.807, 2.05) is 0 Å². The van der Waals surface area contributed by atoms with Gasteiger partial charge in [0.1, 0.15) is 6.61 Å². The molecule has 0 heterocycles. The van der Waals surface area contributed by atoms with Crippen LogP contribution in [0.2, 0.25) is 0 Å². The third kappa shape index (κ3) is 68.9. The van der Waals surface area contributed by atoms with Crippen LogP contribution in [-0.4, -0.2) is 49.3 Å². The predicted molar refractivity (Wildman–Crippen MR) is 358 cm³/mol. The molecule has 0 aliphatic carbocycles. The highest BCUT2D eigenvalue weighted by atomic mass is 31.2. The lowest BCUT2D eigenvalue weighted by atomic mass is 10.0. The summed E-state index contributed by atoms with van der Waals surface area (Å²) in [7, 11) is -4.39. The largest absolute Gasteiger partial charge is 0.472 e. The van der Waals surface area contributed by atoms with E-state index in [4.69, 9.17) is 24.3 Å². The monoisotopic (exact) mass is 1190 g/mol. The van der Waals surface area contributed by atoms with E-state index in [1.165, 1.54) is 295 Å². The molecule has 2 unspecified atom stereocenters. The lowest BCUT2D eigenvalue weighted by Crippen LogP contribution is -2.29. The number of unbranched alkanes of at least 4 members (excludes halogenated alkanes) is 48. The molecule has 3 N–H and O–H groups in total. The van der Waals surface area contributed by atoms with Gasteiger partial charge in [-0.15, -0.1) is 0 Å². The van der Waals surface area contributed by atoms with Crippen LogP contribution in [0.4, 0.5) is 0 Å². The fourth-order valence-corrected chi connectivity index (χ4v) is 11.6. The zero-order valence-corrected chi connectivity index (χ0v) is 55.8. The second kappa shape index (κ2) is 69.1. The minimum absolute atomic E-state index is 0.0553. The van der Waals surface area contributed by atoms with E-state index in [9.17, 15) is 19.0 Å². The van der Waals surface area contributed by atoms with Gasteiger partial charge in [-0.05, 0) is 77.0 Å². The lowest BCUT2D eigenvalue weighted by molar-refractivity contribution is -0.161. The van der Waals surface area contributed by atoms with Crippen LogP contribution in [0.1, 0.15) is 373 Å². The number of ether oxygens (including phenoxy) is 2. The Balaban J connectivity index is 3.82. The zero-order valence-electron chi connectivity index (χ0n) is 55.0. The van der Waals surface area contributed by atoms with Gasteiger partial charge in [-0.25, -0.2) is 4.57 Å². The van der Waals surface area contributed by atoms with Gasteiger partial charge in [0.25, 0.3) is 0 Å². The molecule has 0 aliphatic rings. The van der Waals surface area contributed by atoms with Crippen molar-refractivity contribution in [1.29, 1.82) is 0 Å². The second-order valence-corrected chi connectivity index (χ2v) is 25.9. The fraction of sp³-hybridized carbons (Fsp3) is 0.863. The van der Waals surface area contributed by atoms with Crippen molar-refractivity contribution in [2.24, 2.45) is 5.73 Å². The van der Waals surface area contributed by atoms with Gasteiger partial charge < -0.3 is 20.1 Å². The molecule has 0 amide bonds. The Kier molecular flexibility index (Phi) is 67.4. The number of nitrogens with two attached hydrogens (primary N) is 1. The molecule has 10 heteroatoms. The summed E-state index contributed by atoms with van der Waals surface area (Å²) >= 11 is 0. The molecule has 0 fully saturated rings. The summed E-state index contributed by atoms with van der Waals surface area (Å²) in [6.45, 7) is 3.79. The molecule has 0 bridgehead atoms. The van der Waals surface area contributed by atoms with Crippen molar-refractivity contribution in [2.75, 3.05) is 26.4 Å². The number of phosphoric ester groups is 1. The molecule has 0 radical (unpaired) electrons. The van der Waals surface area contributed by atoms with E-state index in [0.717, 1.165) is 44.9 Å². The van der Waals surface area contributed by atoms with E-state index in [1.54, 1.807) is 0 Å². The average molecular weight is 1190 g/mol. The molecule has 0 rings (SSSR count). The topological polar surface area (TPSA) is 134 Å². The van der Waals surface area contributed by atoms with Gasteiger partial charge in [-0.2, -0.15) is 0 Å². The molecule has 83 heavy (non-hydrogen) atoms. The summed E-state index contributed by atoms with van der Waals surface area (Å²) in [6, 6.07) is 0. The van der Waals surface area contributed by atoms with Crippen molar-refractivity contribution in [3.05, 3.63) is 48.6 Å². The van der Waals surface area contributed by atoms with Crippen molar-refractivity contribution in [2.45, 2.75) is 380 Å². The minimum atomic E-state index is -4.39. The van der Waals surface area contributed by atoms with Crippen LogP contribution >= 0.6 is 7.82 Å². The number of carbonyl (C=O) groups is 2. The third-order valence-electron chi connectivity index (χ3n) is 16.2. The number of phosphoric acid groups is 1. The molecule has 2 atom stereocenters. The molecule has 0 spiro atoms. The molecule has 0 aromatic heterocycles. The molecule has 0 saturated heterocycles. The Hall–Kier alpha value is -2.03. The van der Waals surface area contributed by atoms with Crippen LogP contribution in [0, 0.1) is 0 Å². The first kappa shape index (κ1) is 81.0. The van der Waals surface area contributed by atoms with E-state index in [0.29, 0.717) is 6.42 Å². The van der Waals surface area contributed by atoms with Gasteiger partial charge in [0.15, 0.2) is 6.10 Å². The Bertz CT molecular complexity index is 1500. The summed E-state index contributed by atoms with van der Waals surface area (Å²) < 4.78 is 33.2. The first-order valence-electron chi connectivity index (χ1n) is 36.1. The highest BCUT2D eigenvalue weighted by Crippen LogP contribution is 2.43.